The minimum absolute atomic E-state index is 0.00307. The zero-order chi connectivity index (χ0) is 25.4. The van der Waals surface area contributed by atoms with Gasteiger partial charge in [0.05, 0.1) is 0 Å². The Labute approximate surface area is 211 Å². The van der Waals surface area contributed by atoms with Gasteiger partial charge in [-0.15, -0.1) is 0 Å². The third-order valence-corrected chi connectivity index (χ3v) is 10.1. The Bertz CT molecular complexity index is 1340. The molecule has 0 aromatic heterocycles. The summed E-state index contributed by atoms with van der Waals surface area (Å²) in [5, 5.41) is 3.17. The van der Waals surface area contributed by atoms with Crippen molar-refractivity contribution in [1.29, 1.82) is 0 Å². The normalized spacial score (nSPS) is 19.5. The molecule has 182 valence electrons. The van der Waals surface area contributed by atoms with Gasteiger partial charge in [-0.3, -0.25) is 4.79 Å². The molecular weight excluding hydrogens is 426 g/mol. The molecule has 2 aliphatic rings. The smallest absolute Gasteiger partial charge is 0.251 e. The lowest BCUT2D eigenvalue weighted by atomic mass is 9.59. The molecule has 3 aromatic rings. The molecular formula is C33H39NO. The zero-order valence-electron chi connectivity index (χ0n) is 22.6. The number of nitrogens with one attached hydrogen (secondary N) is 1. The van der Waals surface area contributed by atoms with Crippen LogP contribution in [-0.2, 0) is 22.7 Å². The predicted molar refractivity (Wildman–Crippen MR) is 146 cm³/mol. The largest absolute Gasteiger partial charge is 0.352 e. The van der Waals surface area contributed by atoms with Gasteiger partial charge in [-0.2, -0.15) is 0 Å². The lowest BCUT2D eigenvalue weighted by molar-refractivity contribution is 0.0954. The van der Waals surface area contributed by atoms with Gasteiger partial charge >= 0.3 is 0 Å². The van der Waals surface area contributed by atoms with E-state index >= 15 is 0 Å². The molecule has 1 N–H and O–H groups in total. The lowest BCUT2D eigenvalue weighted by Crippen LogP contribution is -2.42. The number of hydrogen-bond acceptors (Lipinski definition) is 1. The summed E-state index contributed by atoms with van der Waals surface area (Å²) in [6.45, 7) is 19.4. The molecule has 0 spiro atoms. The molecule has 0 unspecified atom stereocenters. The van der Waals surface area contributed by atoms with E-state index in [4.69, 9.17) is 0 Å². The van der Waals surface area contributed by atoms with Gasteiger partial charge in [0.25, 0.3) is 5.91 Å². The Balaban J connectivity index is 1.31. The summed E-state index contributed by atoms with van der Waals surface area (Å²) in [5.41, 5.74) is 10.3. The van der Waals surface area contributed by atoms with E-state index < -0.39 is 0 Å². The van der Waals surface area contributed by atoms with Crippen LogP contribution in [0.4, 0.5) is 0 Å². The van der Waals surface area contributed by atoms with E-state index in [-0.39, 0.29) is 27.6 Å². The number of amides is 1. The topological polar surface area (TPSA) is 29.1 Å². The van der Waals surface area contributed by atoms with Crippen molar-refractivity contribution in [3.05, 3.63) is 94.0 Å². The van der Waals surface area contributed by atoms with Crippen LogP contribution in [0, 0.1) is 5.41 Å². The van der Waals surface area contributed by atoms with Crippen molar-refractivity contribution in [3.63, 3.8) is 0 Å². The van der Waals surface area contributed by atoms with Crippen molar-refractivity contribution >= 4 is 5.91 Å². The van der Waals surface area contributed by atoms with Gasteiger partial charge < -0.3 is 5.32 Å². The summed E-state index contributed by atoms with van der Waals surface area (Å²) >= 11 is 0. The van der Waals surface area contributed by atoms with Crippen molar-refractivity contribution in [2.24, 2.45) is 5.41 Å². The number of benzene rings is 3. The first-order valence-corrected chi connectivity index (χ1v) is 13.0. The summed E-state index contributed by atoms with van der Waals surface area (Å²) in [6.07, 6.45) is 0.831. The highest BCUT2D eigenvalue weighted by Crippen LogP contribution is 2.61. The molecule has 0 bridgehead atoms. The van der Waals surface area contributed by atoms with E-state index in [0.717, 1.165) is 12.0 Å². The second-order valence-corrected chi connectivity index (χ2v) is 12.7. The maximum Gasteiger partial charge on any atom is 0.251 e. The maximum atomic E-state index is 13.1. The standard InChI is InChI=1S/C33H39NO/c1-30(2)25-12-10-9-11-23(25)24-15-14-22(20-27(24)30)29(35)34-18-17-21-13-16-26-28(19-21)32(5,6)33(7,8)31(26,3)4/h9-16,19-20H,17-18H2,1-8H3,(H,34,35). The summed E-state index contributed by atoms with van der Waals surface area (Å²) < 4.78 is 0. The van der Waals surface area contributed by atoms with Gasteiger partial charge in [0.15, 0.2) is 0 Å². The molecule has 0 saturated carbocycles. The van der Waals surface area contributed by atoms with Crippen LogP contribution in [0.2, 0.25) is 0 Å². The molecule has 0 radical (unpaired) electrons. The molecule has 2 heteroatoms. The highest BCUT2D eigenvalue weighted by molar-refractivity contribution is 5.96. The Kier molecular flexibility index (Phi) is 5.15. The minimum atomic E-state index is -0.0962. The Hall–Kier alpha value is -2.87. The number of hydrogen-bond donors (Lipinski definition) is 1. The lowest BCUT2D eigenvalue weighted by Gasteiger charge is -2.44. The maximum absolute atomic E-state index is 13.1. The van der Waals surface area contributed by atoms with Gasteiger partial charge in [0.1, 0.15) is 0 Å². The predicted octanol–water partition coefficient (Wildman–Crippen LogP) is 7.56. The van der Waals surface area contributed by atoms with Crippen molar-refractivity contribution < 1.29 is 4.79 Å². The van der Waals surface area contributed by atoms with E-state index in [0.29, 0.717) is 6.54 Å². The van der Waals surface area contributed by atoms with E-state index in [2.05, 4.69) is 115 Å². The van der Waals surface area contributed by atoms with E-state index in [1.54, 1.807) is 0 Å². The second kappa shape index (κ2) is 7.56. The number of carbonyl (C=O) groups excluding carboxylic acids is 1. The highest BCUT2D eigenvalue weighted by atomic mass is 16.1. The molecule has 5 rings (SSSR count). The third-order valence-electron chi connectivity index (χ3n) is 10.1. The minimum Gasteiger partial charge on any atom is -0.352 e. The summed E-state index contributed by atoms with van der Waals surface area (Å²) in [7, 11) is 0. The van der Waals surface area contributed by atoms with Crippen molar-refractivity contribution in [3.8, 4) is 11.1 Å². The van der Waals surface area contributed by atoms with E-state index in [1.165, 1.54) is 38.9 Å². The second-order valence-electron chi connectivity index (χ2n) is 12.7. The fourth-order valence-corrected chi connectivity index (χ4v) is 6.53. The van der Waals surface area contributed by atoms with E-state index in [1.807, 2.05) is 6.07 Å². The van der Waals surface area contributed by atoms with Crippen molar-refractivity contribution in [1.82, 2.24) is 5.32 Å². The van der Waals surface area contributed by atoms with Crippen LogP contribution in [0.15, 0.2) is 60.7 Å². The van der Waals surface area contributed by atoms with Crippen LogP contribution in [0.1, 0.15) is 93.6 Å². The summed E-state index contributed by atoms with van der Waals surface area (Å²) in [4.78, 5) is 13.1. The third kappa shape index (κ3) is 3.25. The molecule has 0 atom stereocenters. The molecule has 0 fully saturated rings. The van der Waals surface area contributed by atoms with Crippen LogP contribution >= 0.6 is 0 Å². The molecule has 0 aliphatic heterocycles. The van der Waals surface area contributed by atoms with Crippen molar-refractivity contribution in [2.75, 3.05) is 6.54 Å². The first-order chi connectivity index (χ1) is 16.3. The van der Waals surface area contributed by atoms with Gasteiger partial charge in [0.2, 0.25) is 0 Å². The highest BCUT2D eigenvalue weighted by Gasteiger charge is 2.56. The van der Waals surface area contributed by atoms with E-state index in [9.17, 15) is 4.79 Å². The fraction of sp³-hybridized carbons (Fsp3) is 0.424. The molecule has 35 heavy (non-hydrogen) atoms. The van der Waals surface area contributed by atoms with Gasteiger partial charge in [-0.25, -0.2) is 0 Å². The first kappa shape index (κ1) is 23.9. The zero-order valence-corrected chi connectivity index (χ0v) is 22.6. The van der Waals surface area contributed by atoms with Crippen LogP contribution in [0.3, 0.4) is 0 Å². The average molecular weight is 466 g/mol. The molecule has 0 saturated heterocycles. The Morgan fingerprint density at radius 3 is 2.09 bits per heavy atom. The van der Waals surface area contributed by atoms with Crippen molar-refractivity contribution in [2.45, 2.75) is 78.1 Å². The summed E-state index contributed by atoms with van der Waals surface area (Å²) in [6, 6.07) is 21.7. The molecule has 3 aromatic carbocycles. The molecule has 1 amide bonds. The van der Waals surface area contributed by atoms with Crippen LogP contribution < -0.4 is 5.32 Å². The monoisotopic (exact) mass is 465 g/mol. The van der Waals surface area contributed by atoms with Gasteiger partial charge in [0, 0.05) is 17.5 Å². The molecule has 2 aliphatic carbocycles. The number of carbonyl (C=O) groups is 1. The van der Waals surface area contributed by atoms with Crippen LogP contribution in [0.5, 0.6) is 0 Å². The number of rotatable bonds is 4. The quantitative estimate of drug-likeness (QED) is 0.423. The Morgan fingerprint density at radius 2 is 1.34 bits per heavy atom. The fourth-order valence-electron chi connectivity index (χ4n) is 6.53. The SMILES string of the molecule is CC1(C)c2ccccc2-c2ccc(C(=O)NCCc3ccc4c(c3)C(C)(C)C(C)(C)C4(C)C)cc21. The van der Waals surface area contributed by atoms with Gasteiger partial charge in [-0.1, -0.05) is 104 Å². The van der Waals surface area contributed by atoms with Crippen LogP contribution in [0.25, 0.3) is 11.1 Å². The molecule has 0 heterocycles. The number of fused-ring (bicyclic) bond motifs is 4. The average Bonchev–Trinajstić information content (AvgIpc) is 3.10. The summed E-state index contributed by atoms with van der Waals surface area (Å²) in [5.74, 6) is 0.00307. The molecule has 2 nitrogen and oxygen atoms in total. The Morgan fingerprint density at radius 1 is 0.686 bits per heavy atom. The first-order valence-electron chi connectivity index (χ1n) is 13.0. The van der Waals surface area contributed by atoms with Crippen LogP contribution in [-0.4, -0.2) is 12.5 Å². The van der Waals surface area contributed by atoms with Gasteiger partial charge in [-0.05, 0) is 73.7 Å².